The lowest BCUT2D eigenvalue weighted by molar-refractivity contribution is 0.254. The highest BCUT2D eigenvalue weighted by Crippen LogP contribution is 2.60. The zero-order valence-electron chi connectivity index (χ0n) is 11.9. The quantitative estimate of drug-likeness (QED) is 0.804. The first-order valence-electron chi connectivity index (χ1n) is 7.65. The third kappa shape index (κ3) is 3.31. The van der Waals surface area contributed by atoms with Crippen molar-refractivity contribution in [2.45, 2.75) is 38.5 Å². The normalized spacial score (nSPS) is 31.3. The predicted octanol–water partition coefficient (Wildman–Crippen LogP) is 1.44. The van der Waals surface area contributed by atoms with Crippen molar-refractivity contribution in [3.8, 4) is 0 Å². The van der Waals surface area contributed by atoms with E-state index >= 15 is 0 Å². The summed E-state index contributed by atoms with van der Waals surface area (Å²) in [7, 11) is -3.00. The molecule has 1 saturated heterocycles. The molecule has 3 aliphatic rings. The van der Waals surface area contributed by atoms with Crippen molar-refractivity contribution >= 4 is 10.0 Å². The van der Waals surface area contributed by atoms with Gasteiger partial charge >= 0.3 is 0 Å². The van der Waals surface area contributed by atoms with Gasteiger partial charge in [-0.2, -0.15) is 0 Å². The van der Waals surface area contributed by atoms with Crippen LogP contribution >= 0.6 is 0 Å². The van der Waals surface area contributed by atoms with Crippen LogP contribution in [0, 0.1) is 17.3 Å². The summed E-state index contributed by atoms with van der Waals surface area (Å²) in [6, 6.07) is 0. The van der Waals surface area contributed by atoms with E-state index in [1.807, 2.05) is 0 Å². The Morgan fingerprint density at radius 2 is 2.00 bits per heavy atom. The van der Waals surface area contributed by atoms with Crippen molar-refractivity contribution in [3.05, 3.63) is 0 Å². The summed E-state index contributed by atoms with van der Waals surface area (Å²) < 4.78 is 24.8. The Kier molecular flexibility index (Phi) is 3.65. The van der Waals surface area contributed by atoms with Gasteiger partial charge in [-0.25, -0.2) is 12.7 Å². The van der Waals surface area contributed by atoms with Crippen LogP contribution in [0.2, 0.25) is 0 Å². The van der Waals surface area contributed by atoms with Crippen LogP contribution in [0.25, 0.3) is 0 Å². The minimum atomic E-state index is -3.00. The fourth-order valence-corrected chi connectivity index (χ4v) is 4.55. The van der Waals surface area contributed by atoms with Gasteiger partial charge in [0.05, 0.1) is 6.26 Å². The minimum absolute atomic E-state index is 0.499. The molecule has 0 aromatic rings. The summed E-state index contributed by atoms with van der Waals surface area (Å²) in [4.78, 5) is 0. The maximum atomic E-state index is 11.6. The van der Waals surface area contributed by atoms with Crippen molar-refractivity contribution in [2.24, 2.45) is 17.3 Å². The summed E-state index contributed by atoms with van der Waals surface area (Å²) in [6.45, 7) is 3.57. The Morgan fingerprint density at radius 1 is 1.26 bits per heavy atom. The molecule has 110 valence electrons. The second kappa shape index (κ2) is 5.01. The number of sulfonamides is 1. The van der Waals surface area contributed by atoms with E-state index in [1.165, 1.54) is 31.9 Å². The largest absolute Gasteiger partial charge is 0.316 e. The molecule has 2 saturated carbocycles. The van der Waals surface area contributed by atoms with Gasteiger partial charge in [-0.15, -0.1) is 0 Å². The molecule has 1 unspecified atom stereocenters. The molecular weight excluding hydrogens is 260 g/mol. The maximum absolute atomic E-state index is 11.6. The van der Waals surface area contributed by atoms with Crippen LogP contribution in [0.15, 0.2) is 0 Å². The molecule has 19 heavy (non-hydrogen) atoms. The van der Waals surface area contributed by atoms with E-state index < -0.39 is 10.0 Å². The SMILES string of the molecule is CS(=O)(=O)N1CCCC(CNCC2(C3CC3)CC2)C1. The van der Waals surface area contributed by atoms with E-state index in [4.69, 9.17) is 0 Å². The Morgan fingerprint density at radius 3 is 2.58 bits per heavy atom. The van der Waals surface area contributed by atoms with Gasteiger partial charge in [0.2, 0.25) is 10.0 Å². The van der Waals surface area contributed by atoms with Gasteiger partial charge in [0.1, 0.15) is 0 Å². The van der Waals surface area contributed by atoms with Crippen molar-refractivity contribution in [1.82, 2.24) is 9.62 Å². The number of nitrogens with zero attached hydrogens (tertiary/aromatic N) is 1. The molecule has 1 heterocycles. The van der Waals surface area contributed by atoms with Gasteiger partial charge in [-0.05, 0) is 62.3 Å². The first kappa shape index (κ1) is 13.8. The predicted molar refractivity (Wildman–Crippen MR) is 76.4 cm³/mol. The highest BCUT2D eigenvalue weighted by Gasteiger charge is 2.53. The second-order valence-electron chi connectivity index (χ2n) is 6.90. The van der Waals surface area contributed by atoms with Gasteiger partial charge in [0.15, 0.2) is 0 Å². The first-order chi connectivity index (χ1) is 9.00. The molecule has 0 radical (unpaired) electrons. The van der Waals surface area contributed by atoms with Crippen LogP contribution in [0.4, 0.5) is 0 Å². The Hall–Kier alpha value is -0.130. The van der Waals surface area contributed by atoms with Gasteiger partial charge < -0.3 is 5.32 Å². The summed E-state index contributed by atoms with van der Waals surface area (Å²) in [6.07, 6.45) is 9.19. The van der Waals surface area contributed by atoms with Crippen molar-refractivity contribution < 1.29 is 8.42 Å². The fraction of sp³-hybridized carbons (Fsp3) is 1.00. The molecule has 4 nitrogen and oxygen atoms in total. The van der Waals surface area contributed by atoms with Crippen LogP contribution < -0.4 is 5.32 Å². The number of rotatable bonds is 6. The summed E-state index contributed by atoms with van der Waals surface area (Å²) in [5.74, 6) is 1.50. The summed E-state index contributed by atoms with van der Waals surface area (Å²) in [5, 5.41) is 3.63. The van der Waals surface area contributed by atoms with E-state index in [-0.39, 0.29) is 0 Å². The topological polar surface area (TPSA) is 49.4 Å². The number of hydrogen-bond donors (Lipinski definition) is 1. The molecule has 5 heteroatoms. The zero-order chi connectivity index (χ0) is 13.5. The van der Waals surface area contributed by atoms with Gasteiger partial charge in [-0.1, -0.05) is 0 Å². The van der Waals surface area contributed by atoms with Gasteiger partial charge in [-0.3, -0.25) is 0 Å². The highest BCUT2D eigenvalue weighted by atomic mass is 32.2. The molecule has 0 aromatic carbocycles. The van der Waals surface area contributed by atoms with Crippen LogP contribution in [-0.2, 0) is 10.0 Å². The van der Waals surface area contributed by atoms with E-state index in [9.17, 15) is 8.42 Å². The standard InChI is InChI=1S/C14H26N2O2S/c1-19(17,18)16-8-2-3-12(10-16)9-15-11-14(6-7-14)13-4-5-13/h12-13,15H,2-11H2,1H3. The molecule has 1 N–H and O–H groups in total. The average molecular weight is 286 g/mol. The average Bonchev–Trinajstić information content (AvgIpc) is 3.22. The Bertz CT molecular complexity index is 427. The molecule has 3 fully saturated rings. The van der Waals surface area contributed by atoms with E-state index in [0.717, 1.165) is 31.8 Å². The van der Waals surface area contributed by atoms with Crippen molar-refractivity contribution in [1.29, 1.82) is 0 Å². The molecular formula is C14H26N2O2S. The smallest absolute Gasteiger partial charge is 0.211 e. The third-order valence-corrected chi connectivity index (χ3v) is 6.47. The fourth-order valence-electron chi connectivity index (χ4n) is 3.61. The molecule has 2 aliphatic carbocycles. The Balaban J connectivity index is 1.42. The molecule has 3 rings (SSSR count). The lowest BCUT2D eigenvalue weighted by Gasteiger charge is -2.31. The van der Waals surface area contributed by atoms with Crippen LogP contribution in [-0.4, -0.2) is 45.2 Å². The molecule has 1 atom stereocenters. The van der Waals surface area contributed by atoms with Crippen molar-refractivity contribution in [2.75, 3.05) is 32.4 Å². The van der Waals surface area contributed by atoms with E-state index in [2.05, 4.69) is 5.32 Å². The maximum Gasteiger partial charge on any atom is 0.211 e. The molecule has 0 spiro atoms. The number of hydrogen-bond acceptors (Lipinski definition) is 3. The van der Waals surface area contributed by atoms with Crippen LogP contribution in [0.5, 0.6) is 0 Å². The third-order valence-electron chi connectivity index (χ3n) is 5.20. The number of nitrogens with one attached hydrogen (secondary N) is 1. The van der Waals surface area contributed by atoms with Crippen LogP contribution in [0.1, 0.15) is 38.5 Å². The van der Waals surface area contributed by atoms with E-state index in [1.54, 1.807) is 4.31 Å². The van der Waals surface area contributed by atoms with Gasteiger partial charge in [0.25, 0.3) is 0 Å². The van der Waals surface area contributed by atoms with Gasteiger partial charge in [0, 0.05) is 19.6 Å². The minimum Gasteiger partial charge on any atom is -0.316 e. The Labute approximate surface area is 117 Å². The molecule has 1 aliphatic heterocycles. The molecule has 0 amide bonds. The molecule has 0 bridgehead atoms. The van der Waals surface area contributed by atoms with E-state index in [0.29, 0.717) is 24.4 Å². The highest BCUT2D eigenvalue weighted by molar-refractivity contribution is 7.88. The second-order valence-corrected chi connectivity index (χ2v) is 8.88. The first-order valence-corrected chi connectivity index (χ1v) is 9.50. The monoisotopic (exact) mass is 286 g/mol. The lowest BCUT2D eigenvalue weighted by Crippen LogP contribution is -2.43. The van der Waals surface area contributed by atoms with Crippen LogP contribution in [0.3, 0.4) is 0 Å². The zero-order valence-corrected chi connectivity index (χ0v) is 12.7. The summed E-state index contributed by atoms with van der Waals surface area (Å²) in [5.41, 5.74) is 0.644. The summed E-state index contributed by atoms with van der Waals surface area (Å²) >= 11 is 0. The number of piperidine rings is 1. The molecule has 0 aromatic heterocycles. The van der Waals surface area contributed by atoms with Crippen molar-refractivity contribution in [3.63, 3.8) is 0 Å². The lowest BCUT2D eigenvalue weighted by atomic mass is 9.97.